The fraction of sp³-hybridized carbons (Fsp3) is 0.421. The second-order valence-electron chi connectivity index (χ2n) is 7.21. The third-order valence-corrected chi connectivity index (χ3v) is 4.97. The Kier molecular flexibility index (Phi) is 4.57. The number of carbonyl (C=O) groups is 1. The first-order valence-electron chi connectivity index (χ1n) is 9.24. The maximum Gasteiger partial charge on any atom is 0.317 e. The minimum atomic E-state index is -0.765. The van der Waals surface area contributed by atoms with E-state index in [-0.39, 0.29) is 12.6 Å². The van der Waals surface area contributed by atoms with E-state index < -0.39 is 5.97 Å². The predicted molar refractivity (Wildman–Crippen MR) is 104 cm³/mol. The van der Waals surface area contributed by atoms with E-state index in [1.54, 1.807) is 0 Å². The molecular weight excluding hydrogens is 344 g/mol. The van der Waals surface area contributed by atoms with Crippen LogP contribution < -0.4 is 4.90 Å². The minimum Gasteiger partial charge on any atom is -0.480 e. The molecule has 1 fully saturated rings. The fourth-order valence-electron chi connectivity index (χ4n) is 3.52. The number of hydrogen-bond acceptors (Lipinski definition) is 5. The number of aromatic amines is 1. The van der Waals surface area contributed by atoms with Gasteiger partial charge in [-0.25, -0.2) is 9.67 Å². The summed E-state index contributed by atoms with van der Waals surface area (Å²) in [5.74, 6) is 0.0776. The quantitative estimate of drug-likeness (QED) is 0.718. The van der Waals surface area contributed by atoms with Gasteiger partial charge in [0, 0.05) is 43.5 Å². The molecule has 0 atom stereocenters. The number of hydrogen-bond donors (Lipinski definition) is 2. The summed E-state index contributed by atoms with van der Waals surface area (Å²) in [5, 5.41) is 13.3. The molecule has 27 heavy (non-hydrogen) atoms. The van der Waals surface area contributed by atoms with E-state index in [1.165, 1.54) is 0 Å². The Morgan fingerprint density at radius 3 is 2.52 bits per heavy atom. The molecule has 8 nitrogen and oxygen atoms in total. The number of imidazole rings is 1. The van der Waals surface area contributed by atoms with Crippen molar-refractivity contribution in [2.24, 2.45) is 0 Å². The van der Waals surface area contributed by atoms with Crippen LogP contribution in [0.5, 0.6) is 0 Å². The molecule has 0 spiro atoms. The maximum atomic E-state index is 10.8. The smallest absolute Gasteiger partial charge is 0.317 e. The zero-order valence-corrected chi connectivity index (χ0v) is 15.6. The monoisotopic (exact) mass is 368 g/mol. The van der Waals surface area contributed by atoms with E-state index in [0.29, 0.717) is 0 Å². The van der Waals surface area contributed by atoms with Gasteiger partial charge in [-0.1, -0.05) is 0 Å². The largest absolute Gasteiger partial charge is 0.480 e. The highest BCUT2D eigenvalue weighted by Gasteiger charge is 2.19. The van der Waals surface area contributed by atoms with Crippen molar-refractivity contribution in [3.63, 3.8) is 0 Å². The lowest BCUT2D eigenvalue weighted by Gasteiger charge is -2.35. The van der Waals surface area contributed by atoms with E-state index >= 15 is 0 Å². The van der Waals surface area contributed by atoms with Crippen LogP contribution in [0.3, 0.4) is 0 Å². The predicted octanol–water partition coefficient (Wildman–Crippen LogP) is 2.21. The van der Waals surface area contributed by atoms with Crippen LogP contribution >= 0.6 is 0 Å². The molecule has 0 aliphatic carbocycles. The highest BCUT2D eigenvalue weighted by molar-refractivity contribution is 5.76. The molecule has 1 saturated heterocycles. The summed E-state index contributed by atoms with van der Waals surface area (Å²) in [6, 6.07) is 8.61. The van der Waals surface area contributed by atoms with Crippen LogP contribution in [0, 0.1) is 0 Å². The maximum absolute atomic E-state index is 10.8. The molecule has 8 heteroatoms. The molecule has 1 aromatic carbocycles. The third kappa shape index (κ3) is 3.52. The molecule has 0 saturated carbocycles. The van der Waals surface area contributed by atoms with Crippen molar-refractivity contribution < 1.29 is 9.90 Å². The van der Waals surface area contributed by atoms with Crippen LogP contribution in [0.4, 0.5) is 5.69 Å². The summed E-state index contributed by atoms with van der Waals surface area (Å²) < 4.78 is 1.92. The molecule has 1 aliphatic rings. The molecule has 0 bridgehead atoms. The molecule has 1 aliphatic heterocycles. The van der Waals surface area contributed by atoms with Crippen LogP contribution in [0.25, 0.3) is 22.6 Å². The Balaban J connectivity index is 1.47. The van der Waals surface area contributed by atoms with Crippen LogP contribution in [-0.2, 0) is 4.79 Å². The summed E-state index contributed by atoms with van der Waals surface area (Å²) in [7, 11) is 0. The molecule has 142 valence electrons. The summed E-state index contributed by atoms with van der Waals surface area (Å²) in [6.45, 7) is 7.50. The number of H-pyrrole nitrogens is 1. The molecule has 0 unspecified atom stereocenters. The lowest BCUT2D eigenvalue weighted by Crippen LogP contribution is -2.47. The number of aliphatic carboxylic acids is 1. The Hall–Kier alpha value is -2.87. The van der Waals surface area contributed by atoms with Crippen molar-refractivity contribution in [3.05, 3.63) is 30.5 Å². The SMILES string of the molecule is CC(C)n1ncc2[nH]c(-c3ccc(N4CCN(CC(=O)O)CC4)cc3)nc21. The van der Waals surface area contributed by atoms with Crippen molar-refractivity contribution >= 4 is 22.8 Å². The first kappa shape index (κ1) is 17.5. The zero-order valence-electron chi connectivity index (χ0n) is 15.6. The van der Waals surface area contributed by atoms with Crippen LogP contribution in [0.2, 0.25) is 0 Å². The van der Waals surface area contributed by atoms with Gasteiger partial charge in [0.1, 0.15) is 11.3 Å². The number of aromatic nitrogens is 4. The summed E-state index contributed by atoms with van der Waals surface area (Å²) >= 11 is 0. The molecule has 4 rings (SSSR count). The van der Waals surface area contributed by atoms with Crippen LogP contribution in [0.15, 0.2) is 30.5 Å². The van der Waals surface area contributed by atoms with Crippen LogP contribution in [-0.4, -0.2) is 68.4 Å². The Morgan fingerprint density at radius 2 is 1.89 bits per heavy atom. The van der Waals surface area contributed by atoms with Crippen molar-refractivity contribution in [2.75, 3.05) is 37.6 Å². The molecule has 0 radical (unpaired) electrons. The molecule has 3 aromatic rings. The van der Waals surface area contributed by atoms with Crippen molar-refractivity contribution in [2.45, 2.75) is 19.9 Å². The second-order valence-corrected chi connectivity index (χ2v) is 7.21. The second kappa shape index (κ2) is 7.03. The molecular formula is C19H24N6O2. The first-order chi connectivity index (χ1) is 13.0. The van der Waals surface area contributed by atoms with Gasteiger partial charge in [-0.05, 0) is 38.1 Å². The van der Waals surface area contributed by atoms with Gasteiger partial charge in [0.05, 0.1) is 12.7 Å². The van der Waals surface area contributed by atoms with Crippen LogP contribution in [0.1, 0.15) is 19.9 Å². The number of carboxylic acid groups (broad SMARTS) is 1. The third-order valence-electron chi connectivity index (χ3n) is 4.97. The van der Waals surface area contributed by atoms with Gasteiger partial charge in [-0.2, -0.15) is 5.10 Å². The Labute approximate surface area is 157 Å². The van der Waals surface area contributed by atoms with E-state index in [9.17, 15) is 4.79 Å². The van der Waals surface area contributed by atoms with Gasteiger partial charge in [0.25, 0.3) is 0 Å². The number of rotatable bonds is 5. The summed E-state index contributed by atoms with van der Waals surface area (Å²) in [6.07, 6.45) is 1.82. The zero-order chi connectivity index (χ0) is 19.0. The average Bonchev–Trinajstić information content (AvgIpc) is 3.22. The normalized spacial score (nSPS) is 15.7. The number of nitrogens with one attached hydrogen (secondary N) is 1. The van der Waals surface area contributed by atoms with Crippen molar-refractivity contribution in [1.29, 1.82) is 0 Å². The number of benzene rings is 1. The number of nitrogens with zero attached hydrogens (tertiary/aromatic N) is 5. The van der Waals surface area contributed by atoms with Gasteiger partial charge in [0.2, 0.25) is 0 Å². The minimum absolute atomic E-state index is 0.118. The Bertz CT molecular complexity index is 935. The summed E-state index contributed by atoms with van der Waals surface area (Å²) in [5.41, 5.74) is 4.00. The standard InChI is InChI=1S/C19H24N6O2/c1-13(2)25-19-16(11-20-25)21-18(22-19)14-3-5-15(6-4-14)24-9-7-23(8-10-24)12-17(26)27/h3-6,11,13H,7-10,12H2,1-2H3,(H,21,22)(H,26,27). The number of fused-ring (bicyclic) bond motifs is 1. The lowest BCUT2D eigenvalue weighted by molar-refractivity contribution is -0.138. The number of anilines is 1. The van der Waals surface area contributed by atoms with Gasteiger partial charge in [-0.3, -0.25) is 9.69 Å². The molecule has 2 aromatic heterocycles. The van der Waals surface area contributed by atoms with E-state index in [2.05, 4.69) is 53.1 Å². The fourth-order valence-corrected chi connectivity index (χ4v) is 3.52. The van der Waals surface area contributed by atoms with Gasteiger partial charge in [0.15, 0.2) is 5.65 Å². The number of piperazine rings is 1. The summed E-state index contributed by atoms with van der Waals surface area (Å²) in [4.78, 5) is 23.1. The molecule has 3 heterocycles. The number of carboxylic acids is 1. The van der Waals surface area contributed by atoms with E-state index in [4.69, 9.17) is 10.1 Å². The van der Waals surface area contributed by atoms with Gasteiger partial charge >= 0.3 is 5.97 Å². The lowest BCUT2D eigenvalue weighted by atomic mass is 10.1. The van der Waals surface area contributed by atoms with Gasteiger partial charge < -0.3 is 15.0 Å². The van der Waals surface area contributed by atoms with Crippen molar-refractivity contribution in [1.82, 2.24) is 24.6 Å². The van der Waals surface area contributed by atoms with E-state index in [1.807, 2.05) is 15.8 Å². The topological polar surface area (TPSA) is 90.3 Å². The highest BCUT2D eigenvalue weighted by atomic mass is 16.4. The average molecular weight is 368 g/mol. The molecule has 0 amide bonds. The van der Waals surface area contributed by atoms with E-state index in [0.717, 1.165) is 54.4 Å². The first-order valence-corrected chi connectivity index (χ1v) is 9.24. The van der Waals surface area contributed by atoms with Crippen molar-refractivity contribution in [3.8, 4) is 11.4 Å². The highest BCUT2D eigenvalue weighted by Crippen LogP contribution is 2.25. The Morgan fingerprint density at radius 1 is 1.19 bits per heavy atom. The molecule has 2 N–H and O–H groups in total. The van der Waals surface area contributed by atoms with Gasteiger partial charge in [-0.15, -0.1) is 0 Å².